The van der Waals surface area contributed by atoms with Crippen molar-refractivity contribution in [2.75, 3.05) is 0 Å². The zero-order chi connectivity index (χ0) is 6.57. The predicted molar refractivity (Wildman–Crippen MR) is 31.9 cm³/mol. The Morgan fingerprint density at radius 3 is 2.00 bits per heavy atom. The van der Waals surface area contributed by atoms with Crippen molar-refractivity contribution < 1.29 is 9.59 Å². The van der Waals surface area contributed by atoms with Crippen LogP contribution in [-0.2, 0) is 9.59 Å². The molecule has 0 aliphatic carbocycles. The molecule has 0 aliphatic rings. The summed E-state index contributed by atoms with van der Waals surface area (Å²) in [6.07, 6.45) is 0.273. The second-order valence-electron chi connectivity index (χ2n) is 1.72. The number of rotatable bonds is 3. The summed E-state index contributed by atoms with van der Waals surface area (Å²) < 4.78 is 0. The Balaban J connectivity index is 3.18. The molecule has 0 N–H and O–H groups in total. The summed E-state index contributed by atoms with van der Waals surface area (Å²) in [5, 5.41) is 0. The molecule has 1 radical (unpaired) electrons. The number of ketones is 1. The van der Waals surface area contributed by atoms with Crippen molar-refractivity contribution in [3.05, 3.63) is 0 Å². The molecular formula is C5H8BO2. The van der Waals surface area contributed by atoms with Crippen LogP contribution in [0.1, 0.15) is 13.8 Å². The fraction of sp³-hybridized carbons (Fsp3) is 0.600. The van der Waals surface area contributed by atoms with E-state index < -0.39 is 0 Å². The molecule has 8 heavy (non-hydrogen) atoms. The Kier molecular flexibility index (Phi) is 3.16. The average molecular weight is 111 g/mol. The van der Waals surface area contributed by atoms with Crippen LogP contribution in [0.3, 0.4) is 0 Å². The van der Waals surface area contributed by atoms with E-state index in [4.69, 9.17) is 0 Å². The van der Waals surface area contributed by atoms with Crippen molar-refractivity contribution in [1.82, 2.24) is 0 Å². The maximum Gasteiger partial charge on any atom is 0.209 e. The number of hydrogen-bond donors (Lipinski definition) is 0. The molecule has 0 heterocycles. The quantitative estimate of drug-likeness (QED) is 0.489. The van der Waals surface area contributed by atoms with Crippen molar-refractivity contribution in [2.45, 2.75) is 20.2 Å². The van der Waals surface area contributed by atoms with Crippen LogP contribution in [0.15, 0.2) is 0 Å². The highest BCUT2D eigenvalue weighted by atomic mass is 16.1. The molecule has 0 saturated carbocycles. The van der Waals surface area contributed by atoms with E-state index in [0.29, 0.717) is 0 Å². The summed E-state index contributed by atoms with van der Waals surface area (Å²) in [5.74, 6) is 0.0280. The smallest absolute Gasteiger partial charge is 0.209 e. The summed E-state index contributed by atoms with van der Waals surface area (Å²) in [6, 6.07) is 0. The van der Waals surface area contributed by atoms with Gasteiger partial charge < -0.3 is 9.59 Å². The molecule has 0 aromatic carbocycles. The molecule has 0 rings (SSSR count). The molecule has 0 saturated heterocycles. The molecule has 0 atom stereocenters. The van der Waals surface area contributed by atoms with E-state index in [2.05, 4.69) is 0 Å². The topological polar surface area (TPSA) is 34.1 Å². The van der Waals surface area contributed by atoms with Gasteiger partial charge in [0.05, 0.1) is 5.68 Å². The fourth-order valence-corrected chi connectivity index (χ4v) is 0.287. The molecule has 2 nitrogen and oxygen atoms in total. The Morgan fingerprint density at radius 2 is 1.88 bits per heavy atom. The van der Waals surface area contributed by atoms with Gasteiger partial charge in [0.2, 0.25) is 7.28 Å². The van der Waals surface area contributed by atoms with Crippen LogP contribution in [0.4, 0.5) is 0 Å². The van der Waals surface area contributed by atoms with Crippen molar-refractivity contribution in [1.29, 1.82) is 0 Å². The number of carbonyl (C=O) groups excluding carboxylic acids is 2. The lowest BCUT2D eigenvalue weighted by molar-refractivity contribution is -0.115. The van der Waals surface area contributed by atoms with E-state index in [1.54, 1.807) is 0 Å². The Morgan fingerprint density at radius 1 is 1.38 bits per heavy atom. The third kappa shape index (κ3) is 5.40. The van der Waals surface area contributed by atoms with Gasteiger partial charge in [-0.05, 0) is 20.2 Å². The summed E-state index contributed by atoms with van der Waals surface area (Å²) in [4.78, 5) is 20.3. The third-order valence-electron chi connectivity index (χ3n) is 0.677. The van der Waals surface area contributed by atoms with E-state index in [9.17, 15) is 9.59 Å². The second kappa shape index (κ2) is 3.41. The van der Waals surface area contributed by atoms with E-state index in [-0.39, 0.29) is 17.8 Å². The summed E-state index contributed by atoms with van der Waals surface area (Å²) >= 11 is 0. The van der Waals surface area contributed by atoms with Crippen molar-refractivity contribution in [3.8, 4) is 0 Å². The van der Waals surface area contributed by atoms with Gasteiger partial charge in [-0.3, -0.25) is 0 Å². The minimum atomic E-state index is -0.0415. The van der Waals surface area contributed by atoms with Crippen LogP contribution >= 0.6 is 0 Å². The molecule has 0 bridgehead atoms. The molecule has 0 unspecified atom stereocenters. The van der Waals surface area contributed by atoms with E-state index in [1.807, 2.05) is 0 Å². The van der Waals surface area contributed by atoms with Crippen LogP contribution in [0.5, 0.6) is 0 Å². The second-order valence-corrected chi connectivity index (χ2v) is 1.72. The number of Topliss-reactive ketones (excluding diaryl/α,β-unsaturated/α-hetero) is 1. The van der Waals surface area contributed by atoms with Crippen LogP contribution in [0, 0.1) is 0 Å². The first-order chi connectivity index (χ1) is 3.63. The standard InChI is InChI=1S/C5H8BO2/c1-4(7)3-6-5(2)8/h3H2,1-2H3. The van der Waals surface area contributed by atoms with E-state index in [1.165, 1.54) is 21.1 Å². The monoisotopic (exact) mass is 111 g/mol. The average Bonchev–Trinajstić information content (AvgIpc) is 1.61. The van der Waals surface area contributed by atoms with Crippen LogP contribution in [0.2, 0.25) is 6.32 Å². The lowest BCUT2D eigenvalue weighted by Gasteiger charge is -1.84. The van der Waals surface area contributed by atoms with Gasteiger partial charge in [0.25, 0.3) is 0 Å². The molecule has 43 valence electrons. The minimum Gasteiger partial charge on any atom is -0.312 e. The van der Waals surface area contributed by atoms with Crippen molar-refractivity contribution in [2.24, 2.45) is 0 Å². The fourth-order valence-electron chi connectivity index (χ4n) is 0.287. The molecule has 0 spiro atoms. The van der Waals surface area contributed by atoms with Gasteiger partial charge in [0.1, 0.15) is 5.78 Å². The Labute approximate surface area is 49.5 Å². The first-order valence-electron chi connectivity index (χ1n) is 2.46. The molecule has 0 amide bonds. The SMILES string of the molecule is CC(=O)[B]CC(C)=O. The van der Waals surface area contributed by atoms with Crippen LogP contribution in [0.25, 0.3) is 0 Å². The lowest BCUT2D eigenvalue weighted by atomic mass is 9.69. The predicted octanol–water partition coefficient (Wildman–Crippen LogP) is 0.244. The summed E-state index contributed by atoms with van der Waals surface area (Å²) in [5.41, 5.74) is -0.0415. The largest absolute Gasteiger partial charge is 0.312 e. The Bertz CT molecular complexity index is 95.0. The maximum atomic E-state index is 10.2. The van der Waals surface area contributed by atoms with Crippen LogP contribution < -0.4 is 0 Å². The first kappa shape index (κ1) is 7.40. The van der Waals surface area contributed by atoms with Gasteiger partial charge in [0.15, 0.2) is 0 Å². The zero-order valence-electron chi connectivity index (χ0n) is 5.10. The molecular weight excluding hydrogens is 103 g/mol. The molecule has 0 aromatic rings. The van der Waals surface area contributed by atoms with Gasteiger partial charge in [-0.25, -0.2) is 0 Å². The zero-order valence-corrected chi connectivity index (χ0v) is 5.10. The maximum absolute atomic E-state index is 10.2. The molecule has 0 fully saturated rings. The van der Waals surface area contributed by atoms with Crippen molar-refractivity contribution >= 4 is 18.7 Å². The number of hydrogen-bond acceptors (Lipinski definition) is 2. The van der Waals surface area contributed by atoms with Crippen molar-refractivity contribution in [3.63, 3.8) is 0 Å². The summed E-state index contributed by atoms with van der Waals surface area (Å²) in [6.45, 7) is 2.89. The Hall–Kier alpha value is -0.595. The molecule has 0 aromatic heterocycles. The highest BCUT2D eigenvalue weighted by molar-refractivity contribution is 6.75. The van der Waals surface area contributed by atoms with E-state index in [0.717, 1.165) is 0 Å². The highest BCUT2D eigenvalue weighted by Crippen LogP contribution is 1.79. The normalized spacial score (nSPS) is 8.25. The number of carbonyl (C=O) groups is 2. The molecule has 3 heteroatoms. The molecule has 0 aliphatic heterocycles. The highest BCUT2D eigenvalue weighted by Gasteiger charge is 1.98. The van der Waals surface area contributed by atoms with Gasteiger partial charge >= 0.3 is 0 Å². The van der Waals surface area contributed by atoms with Gasteiger partial charge in [0, 0.05) is 0 Å². The first-order valence-corrected chi connectivity index (χ1v) is 2.46. The van der Waals surface area contributed by atoms with Gasteiger partial charge in [-0.2, -0.15) is 0 Å². The van der Waals surface area contributed by atoms with Gasteiger partial charge in [-0.15, -0.1) is 0 Å². The van der Waals surface area contributed by atoms with Crippen LogP contribution in [-0.4, -0.2) is 18.7 Å². The third-order valence-corrected chi connectivity index (χ3v) is 0.677. The van der Waals surface area contributed by atoms with E-state index >= 15 is 0 Å². The summed E-state index contributed by atoms with van der Waals surface area (Å²) in [7, 11) is 1.38. The lowest BCUT2D eigenvalue weighted by Crippen LogP contribution is -2.06. The minimum absolute atomic E-state index is 0.0280. The van der Waals surface area contributed by atoms with Gasteiger partial charge in [-0.1, -0.05) is 0 Å².